The molecule has 1 aliphatic rings. The number of aryl methyl sites for hydroxylation is 1. The number of benzene rings is 1. The second kappa shape index (κ2) is 7.12. The molecule has 2 N–H and O–H groups in total. The van der Waals surface area contributed by atoms with Gasteiger partial charge in [0.15, 0.2) is 0 Å². The standard InChI is InChI=1S/C21H22FN3O2/c1-13-19-4-2-3-11-25(19)20(23-13)17-10-5-14(12-18(17)22)21(27)24-15-6-8-16(26)9-7-15/h2-5,10-12,15-16,26H,6-9H2,1H3,(H,24,27). The number of imidazole rings is 1. The third-order valence-corrected chi connectivity index (χ3v) is 5.24. The number of carbonyl (C=O) groups excluding carboxylic acids is 1. The molecule has 1 amide bonds. The molecule has 1 aromatic carbocycles. The van der Waals surface area contributed by atoms with Gasteiger partial charge in [-0.25, -0.2) is 9.37 Å². The van der Waals surface area contributed by atoms with Crippen molar-refractivity contribution in [2.45, 2.75) is 44.8 Å². The maximum absolute atomic E-state index is 14.8. The Labute approximate surface area is 156 Å². The Bertz CT molecular complexity index is 990. The van der Waals surface area contributed by atoms with Crippen LogP contribution >= 0.6 is 0 Å². The zero-order chi connectivity index (χ0) is 19.0. The number of aromatic nitrogens is 2. The summed E-state index contributed by atoms with van der Waals surface area (Å²) in [6, 6.07) is 10.3. The number of halogens is 1. The zero-order valence-electron chi connectivity index (χ0n) is 15.2. The number of amides is 1. The van der Waals surface area contributed by atoms with E-state index in [0.29, 0.717) is 29.8 Å². The Balaban J connectivity index is 1.58. The Morgan fingerprint density at radius 1 is 1.22 bits per heavy atom. The Morgan fingerprint density at radius 2 is 2.00 bits per heavy atom. The highest BCUT2D eigenvalue weighted by atomic mass is 19.1. The van der Waals surface area contributed by atoms with E-state index in [0.717, 1.165) is 24.1 Å². The van der Waals surface area contributed by atoms with Crippen molar-refractivity contribution in [2.24, 2.45) is 0 Å². The van der Waals surface area contributed by atoms with E-state index >= 15 is 0 Å². The molecule has 1 fully saturated rings. The molecular formula is C21H22FN3O2. The SMILES string of the molecule is Cc1nc(-c2ccc(C(=O)NC3CCC(O)CC3)cc2F)n2ccccc12. The topological polar surface area (TPSA) is 66.6 Å². The van der Waals surface area contributed by atoms with Gasteiger partial charge in [-0.1, -0.05) is 6.07 Å². The van der Waals surface area contributed by atoms with E-state index < -0.39 is 5.82 Å². The predicted octanol–water partition coefficient (Wildman–Crippen LogP) is 3.48. The maximum atomic E-state index is 14.8. The van der Waals surface area contributed by atoms with Crippen molar-refractivity contribution >= 4 is 11.4 Å². The molecule has 5 nitrogen and oxygen atoms in total. The second-order valence-electron chi connectivity index (χ2n) is 7.15. The number of aliphatic hydroxyl groups is 1. The summed E-state index contributed by atoms with van der Waals surface area (Å²) in [5.74, 6) is -0.239. The van der Waals surface area contributed by atoms with Crippen LogP contribution in [0.3, 0.4) is 0 Å². The Kier molecular flexibility index (Phi) is 4.66. The van der Waals surface area contributed by atoms with Crippen LogP contribution in [-0.2, 0) is 0 Å². The van der Waals surface area contributed by atoms with Crippen LogP contribution in [-0.4, -0.2) is 32.5 Å². The van der Waals surface area contributed by atoms with Gasteiger partial charge in [0.25, 0.3) is 5.91 Å². The molecule has 1 saturated carbocycles. The lowest BCUT2D eigenvalue weighted by molar-refractivity contribution is 0.0867. The predicted molar refractivity (Wildman–Crippen MR) is 101 cm³/mol. The molecule has 140 valence electrons. The van der Waals surface area contributed by atoms with Crippen LogP contribution < -0.4 is 5.32 Å². The van der Waals surface area contributed by atoms with Crippen molar-refractivity contribution in [1.82, 2.24) is 14.7 Å². The van der Waals surface area contributed by atoms with E-state index in [9.17, 15) is 14.3 Å². The normalized spacial score (nSPS) is 20.0. The molecular weight excluding hydrogens is 345 g/mol. The summed E-state index contributed by atoms with van der Waals surface area (Å²) in [6.07, 6.45) is 4.43. The summed E-state index contributed by atoms with van der Waals surface area (Å²) in [6.45, 7) is 1.89. The number of nitrogens with zero attached hydrogens (tertiary/aromatic N) is 2. The second-order valence-corrected chi connectivity index (χ2v) is 7.15. The van der Waals surface area contributed by atoms with Gasteiger partial charge in [-0.05, 0) is 62.9 Å². The third-order valence-electron chi connectivity index (χ3n) is 5.24. The largest absolute Gasteiger partial charge is 0.393 e. The van der Waals surface area contributed by atoms with Crippen molar-refractivity contribution in [3.63, 3.8) is 0 Å². The van der Waals surface area contributed by atoms with Crippen molar-refractivity contribution < 1.29 is 14.3 Å². The molecule has 1 aliphatic carbocycles. The number of nitrogens with one attached hydrogen (secondary N) is 1. The molecule has 0 bridgehead atoms. The van der Waals surface area contributed by atoms with Crippen LogP contribution in [0.1, 0.15) is 41.7 Å². The van der Waals surface area contributed by atoms with Crippen LogP contribution in [0.4, 0.5) is 4.39 Å². The summed E-state index contributed by atoms with van der Waals surface area (Å²) in [4.78, 5) is 16.9. The fraction of sp³-hybridized carbons (Fsp3) is 0.333. The van der Waals surface area contributed by atoms with Gasteiger partial charge in [0.1, 0.15) is 11.6 Å². The lowest BCUT2D eigenvalue weighted by Crippen LogP contribution is -2.38. The van der Waals surface area contributed by atoms with E-state index in [1.165, 1.54) is 6.07 Å². The molecule has 0 spiro atoms. The van der Waals surface area contributed by atoms with Crippen LogP contribution in [0, 0.1) is 12.7 Å². The minimum atomic E-state index is -0.475. The first-order valence-electron chi connectivity index (χ1n) is 9.25. The number of pyridine rings is 1. The molecule has 2 heterocycles. The first-order chi connectivity index (χ1) is 13.0. The number of aliphatic hydroxyl groups excluding tert-OH is 1. The molecule has 0 unspecified atom stereocenters. The molecule has 3 aromatic rings. The van der Waals surface area contributed by atoms with Crippen molar-refractivity contribution in [1.29, 1.82) is 0 Å². The van der Waals surface area contributed by atoms with Gasteiger partial charge in [-0.15, -0.1) is 0 Å². The molecule has 4 rings (SSSR count). The molecule has 0 saturated heterocycles. The highest BCUT2D eigenvalue weighted by Gasteiger charge is 2.22. The smallest absolute Gasteiger partial charge is 0.251 e. The van der Waals surface area contributed by atoms with Gasteiger partial charge in [0, 0.05) is 17.8 Å². The molecule has 0 aliphatic heterocycles. The van der Waals surface area contributed by atoms with E-state index in [-0.39, 0.29) is 18.1 Å². The van der Waals surface area contributed by atoms with Crippen LogP contribution in [0.2, 0.25) is 0 Å². The molecule has 2 aromatic heterocycles. The number of hydrogen-bond donors (Lipinski definition) is 2. The van der Waals surface area contributed by atoms with Gasteiger partial charge in [-0.3, -0.25) is 9.20 Å². The van der Waals surface area contributed by atoms with E-state index in [4.69, 9.17) is 0 Å². The zero-order valence-corrected chi connectivity index (χ0v) is 15.2. The minimum Gasteiger partial charge on any atom is -0.393 e. The monoisotopic (exact) mass is 367 g/mol. The van der Waals surface area contributed by atoms with Gasteiger partial charge in [0.2, 0.25) is 0 Å². The maximum Gasteiger partial charge on any atom is 0.251 e. The molecule has 0 atom stereocenters. The summed E-state index contributed by atoms with van der Waals surface area (Å²) in [7, 11) is 0. The molecule has 0 radical (unpaired) electrons. The van der Waals surface area contributed by atoms with Gasteiger partial charge < -0.3 is 10.4 Å². The minimum absolute atomic E-state index is 0.0301. The first kappa shape index (κ1) is 17.7. The van der Waals surface area contributed by atoms with Gasteiger partial charge >= 0.3 is 0 Å². The Hall–Kier alpha value is -2.73. The fourth-order valence-electron chi connectivity index (χ4n) is 3.71. The van der Waals surface area contributed by atoms with Crippen molar-refractivity contribution in [3.05, 3.63) is 59.7 Å². The highest BCUT2D eigenvalue weighted by Crippen LogP contribution is 2.26. The summed E-state index contributed by atoms with van der Waals surface area (Å²) < 4.78 is 16.6. The highest BCUT2D eigenvalue weighted by molar-refractivity contribution is 5.94. The molecule has 27 heavy (non-hydrogen) atoms. The first-order valence-corrected chi connectivity index (χ1v) is 9.25. The number of rotatable bonds is 3. The lowest BCUT2D eigenvalue weighted by Gasteiger charge is -2.26. The summed E-state index contributed by atoms with van der Waals surface area (Å²) in [5, 5.41) is 12.5. The van der Waals surface area contributed by atoms with Crippen LogP contribution in [0.5, 0.6) is 0 Å². The van der Waals surface area contributed by atoms with Gasteiger partial charge in [0.05, 0.1) is 22.9 Å². The van der Waals surface area contributed by atoms with Gasteiger partial charge in [-0.2, -0.15) is 0 Å². The van der Waals surface area contributed by atoms with E-state index in [2.05, 4.69) is 10.3 Å². The van der Waals surface area contributed by atoms with Crippen LogP contribution in [0.25, 0.3) is 16.9 Å². The van der Waals surface area contributed by atoms with Crippen LogP contribution in [0.15, 0.2) is 42.6 Å². The lowest BCUT2D eigenvalue weighted by atomic mass is 9.93. The van der Waals surface area contributed by atoms with E-state index in [1.54, 1.807) is 12.1 Å². The average Bonchev–Trinajstić information content (AvgIpc) is 3.00. The average molecular weight is 367 g/mol. The third kappa shape index (κ3) is 3.45. The van der Waals surface area contributed by atoms with E-state index in [1.807, 2.05) is 35.7 Å². The number of hydrogen-bond acceptors (Lipinski definition) is 3. The fourth-order valence-corrected chi connectivity index (χ4v) is 3.71. The van der Waals surface area contributed by atoms with Crippen molar-refractivity contribution in [3.8, 4) is 11.4 Å². The Morgan fingerprint density at radius 3 is 2.74 bits per heavy atom. The summed E-state index contributed by atoms with van der Waals surface area (Å²) >= 11 is 0. The summed E-state index contributed by atoms with van der Waals surface area (Å²) in [5.41, 5.74) is 2.40. The quantitative estimate of drug-likeness (QED) is 0.745. The van der Waals surface area contributed by atoms with Crippen molar-refractivity contribution in [2.75, 3.05) is 0 Å². The molecule has 6 heteroatoms. The number of fused-ring (bicyclic) bond motifs is 1. The number of carbonyl (C=O) groups is 1.